The highest BCUT2D eigenvalue weighted by atomic mass is 16.5. The van der Waals surface area contributed by atoms with Crippen molar-refractivity contribution in [2.24, 2.45) is 0 Å². The molecule has 4 rings (SSSR count). The van der Waals surface area contributed by atoms with Gasteiger partial charge in [0, 0.05) is 29.1 Å². The zero-order valence-corrected chi connectivity index (χ0v) is 16.7. The first-order valence-corrected chi connectivity index (χ1v) is 9.51. The first-order chi connectivity index (χ1) is 14.4. The molecule has 3 heterocycles. The average Bonchev–Trinajstić information content (AvgIpc) is 2.74. The van der Waals surface area contributed by atoms with E-state index >= 15 is 0 Å². The van der Waals surface area contributed by atoms with Gasteiger partial charge in [0.2, 0.25) is 12.4 Å². The van der Waals surface area contributed by atoms with E-state index in [-0.39, 0.29) is 17.4 Å². The van der Waals surface area contributed by atoms with Gasteiger partial charge >= 0.3 is 0 Å². The van der Waals surface area contributed by atoms with E-state index in [9.17, 15) is 15.1 Å². The maximum atomic E-state index is 13.3. The van der Waals surface area contributed by atoms with Crippen LogP contribution >= 0.6 is 0 Å². The Labute approximate surface area is 172 Å². The van der Waals surface area contributed by atoms with Crippen LogP contribution < -0.4 is 10.3 Å². The van der Waals surface area contributed by atoms with Crippen LogP contribution in [0.3, 0.4) is 0 Å². The largest absolute Gasteiger partial charge is 0.508 e. The number of fused-ring (bicyclic) bond motifs is 1. The number of hydrogen-bond acceptors (Lipinski definition) is 6. The number of aromatic nitrogens is 4. The van der Waals surface area contributed by atoms with Gasteiger partial charge in [0.25, 0.3) is 5.56 Å². The molecular weight excluding hydrogens is 382 g/mol. The summed E-state index contributed by atoms with van der Waals surface area (Å²) < 4.78 is 2.57. The Morgan fingerprint density at radius 3 is 2.67 bits per heavy atom. The van der Waals surface area contributed by atoms with Crippen molar-refractivity contribution in [3.63, 3.8) is 0 Å². The monoisotopic (exact) mass is 404 g/mol. The Bertz CT molecular complexity index is 1250. The molecule has 0 amide bonds. The minimum Gasteiger partial charge on any atom is -0.508 e. The molecular formula is C22H22N5O3+. The normalized spacial score (nSPS) is 12.4. The molecule has 0 aliphatic carbocycles. The highest BCUT2D eigenvalue weighted by Crippen LogP contribution is 2.23. The lowest BCUT2D eigenvalue weighted by atomic mass is 10.2. The number of benzene rings is 1. The second-order valence-corrected chi connectivity index (χ2v) is 7.18. The van der Waals surface area contributed by atoms with E-state index in [2.05, 4.69) is 4.98 Å². The van der Waals surface area contributed by atoms with Gasteiger partial charge in [-0.05, 0) is 56.4 Å². The molecule has 1 unspecified atom stereocenters. The van der Waals surface area contributed by atoms with Gasteiger partial charge in [-0.15, -0.1) is 0 Å². The molecule has 0 spiro atoms. The first kappa shape index (κ1) is 19.5. The molecule has 8 nitrogen and oxygen atoms in total. The van der Waals surface area contributed by atoms with Gasteiger partial charge in [0.05, 0.1) is 17.1 Å². The van der Waals surface area contributed by atoms with Crippen molar-refractivity contribution in [2.75, 3.05) is 7.05 Å². The zero-order chi connectivity index (χ0) is 21.3. The molecule has 4 aromatic rings. The SMILES string of the molecule is CC(c1nc2ncccc2c(=O)n1-c1ccc(O)cc1)N(C)Cc1ccc[n+](O)c1. The van der Waals surface area contributed by atoms with Crippen molar-refractivity contribution in [1.82, 2.24) is 19.4 Å². The fourth-order valence-corrected chi connectivity index (χ4v) is 3.39. The fourth-order valence-electron chi connectivity index (χ4n) is 3.39. The van der Waals surface area contributed by atoms with E-state index in [0.717, 1.165) is 10.3 Å². The summed E-state index contributed by atoms with van der Waals surface area (Å²) in [5.41, 5.74) is 1.69. The molecule has 2 N–H and O–H groups in total. The summed E-state index contributed by atoms with van der Waals surface area (Å²) >= 11 is 0. The van der Waals surface area contributed by atoms with Crippen LogP contribution in [0.25, 0.3) is 16.7 Å². The van der Waals surface area contributed by atoms with E-state index in [1.165, 1.54) is 12.1 Å². The van der Waals surface area contributed by atoms with Crippen LogP contribution in [0.2, 0.25) is 0 Å². The molecule has 0 fully saturated rings. The van der Waals surface area contributed by atoms with Crippen molar-refractivity contribution in [3.8, 4) is 11.4 Å². The van der Waals surface area contributed by atoms with Crippen molar-refractivity contribution < 1.29 is 15.0 Å². The van der Waals surface area contributed by atoms with Gasteiger partial charge in [0.1, 0.15) is 11.6 Å². The number of nitrogens with zero attached hydrogens (tertiary/aromatic N) is 5. The Balaban J connectivity index is 1.82. The first-order valence-electron chi connectivity index (χ1n) is 9.51. The van der Waals surface area contributed by atoms with Crippen molar-refractivity contribution in [3.05, 3.63) is 88.9 Å². The molecule has 3 aromatic heterocycles. The molecule has 152 valence electrons. The van der Waals surface area contributed by atoms with E-state index < -0.39 is 0 Å². The molecule has 0 saturated heterocycles. The van der Waals surface area contributed by atoms with Crippen molar-refractivity contribution in [2.45, 2.75) is 19.5 Å². The summed E-state index contributed by atoms with van der Waals surface area (Å²) in [6.07, 6.45) is 4.79. The van der Waals surface area contributed by atoms with E-state index in [4.69, 9.17) is 4.98 Å². The quantitative estimate of drug-likeness (QED) is 0.391. The average molecular weight is 404 g/mol. The lowest BCUT2D eigenvalue weighted by Gasteiger charge is -2.26. The molecule has 1 aromatic carbocycles. The number of aromatic hydroxyl groups is 1. The second kappa shape index (κ2) is 7.92. The summed E-state index contributed by atoms with van der Waals surface area (Å²) in [5.74, 6) is 0.655. The predicted molar refractivity (Wildman–Crippen MR) is 111 cm³/mol. The van der Waals surface area contributed by atoms with Gasteiger partial charge in [-0.25, -0.2) is 9.97 Å². The third kappa shape index (κ3) is 3.72. The van der Waals surface area contributed by atoms with Gasteiger partial charge < -0.3 is 5.11 Å². The highest BCUT2D eigenvalue weighted by molar-refractivity contribution is 5.73. The second-order valence-electron chi connectivity index (χ2n) is 7.18. The standard InChI is InChI=1S/C22H21N5O3/c1-15(25(2)13-16-5-4-12-26(30)14-16)21-24-20-19(6-3-11-23-20)22(29)27(21)17-7-9-18(28)10-8-17/h3-12,14-15H,13H2,1-2H3,(H-,28,30)/p+1. The Morgan fingerprint density at radius 2 is 1.93 bits per heavy atom. The van der Waals surface area contributed by atoms with Crippen LogP contribution in [0.1, 0.15) is 24.4 Å². The third-order valence-corrected chi connectivity index (χ3v) is 5.09. The molecule has 0 aliphatic rings. The zero-order valence-electron chi connectivity index (χ0n) is 16.7. The fraction of sp³-hybridized carbons (Fsp3) is 0.182. The summed E-state index contributed by atoms with van der Waals surface area (Å²) in [7, 11) is 1.93. The molecule has 0 saturated carbocycles. The third-order valence-electron chi connectivity index (χ3n) is 5.09. The van der Waals surface area contributed by atoms with Crippen LogP contribution in [0, 0.1) is 0 Å². The Hall–Kier alpha value is -3.78. The number of hydrogen-bond donors (Lipinski definition) is 2. The van der Waals surface area contributed by atoms with Crippen LogP contribution in [-0.2, 0) is 6.54 Å². The minimum absolute atomic E-state index is 0.121. The van der Waals surface area contributed by atoms with Gasteiger partial charge in [-0.3, -0.25) is 19.5 Å². The summed E-state index contributed by atoms with van der Waals surface area (Å²) in [6, 6.07) is 13.3. The minimum atomic E-state index is -0.245. The predicted octanol–water partition coefficient (Wildman–Crippen LogP) is 2.20. The number of phenolic OH excluding ortho intramolecular Hbond substituents is 1. The van der Waals surface area contributed by atoms with Crippen LogP contribution in [0.15, 0.2) is 71.9 Å². The molecule has 1 atom stereocenters. The van der Waals surface area contributed by atoms with Crippen LogP contribution in [0.4, 0.5) is 0 Å². The van der Waals surface area contributed by atoms with Crippen molar-refractivity contribution in [1.29, 1.82) is 0 Å². The lowest BCUT2D eigenvalue weighted by Crippen LogP contribution is -2.33. The topological polar surface area (TPSA) is 95.4 Å². The number of pyridine rings is 2. The Kier molecular flexibility index (Phi) is 5.16. The van der Waals surface area contributed by atoms with Crippen LogP contribution in [-0.4, -0.2) is 36.8 Å². The molecule has 0 bridgehead atoms. The van der Waals surface area contributed by atoms with Gasteiger partial charge in [0.15, 0.2) is 5.65 Å². The van der Waals surface area contributed by atoms with E-state index in [1.807, 2.05) is 24.9 Å². The molecule has 0 aliphatic heterocycles. The van der Waals surface area contributed by atoms with Crippen LogP contribution in [0.5, 0.6) is 5.75 Å². The van der Waals surface area contributed by atoms with Crippen molar-refractivity contribution >= 4 is 11.0 Å². The molecule has 0 radical (unpaired) electrons. The van der Waals surface area contributed by atoms with E-state index in [0.29, 0.717) is 29.1 Å². The molecule has 8 heteroatoms. The summed E-state index contributed by atoms with van der Waals surface area (Å²) in [5, 5.41) is 19.7. The highest BCUT2D eigenvalue weighted by Gasteiger charge is 2.22. The van der Waals surface area contributed by atoms with Gasteiger partial charge in [-0.1, -0.05) is 0 Å². The smallest absolute Gasteiger partial charge is 0.267 e. The maximum Gasteiger partial charge on any atom is 0.267 e. The maximum absolute atomic E-state index is 13.3. The molecule has 30 heavy (non-hydrogen) atoms. The summed E-state index contributed by atoms with van der Waals surface area (Å²) in [4.78, 5) is 24.3. The van der Waals surface area contributed by atoms with E-state index in [1.54, 1.807) is 53.5 Å². The lowest BCUT2D eigenvalue weighted by molar-refractivity contribution is -0.905. The number of phenols is 1. The van der Waals surface area contributed by atoms with Gasteiger partial charge in [-0.2, -0.15) is 0 Å². The summed E-state index contributed by atoms with van der Waals surface area (Å²) in [6.45, 7) is 2.50. The Morgan fingerprint density at radius 1 is 1.17 bits per heavy atom. The number of rotatable bonds is 5.